The Hall–Kier alpha value is -1.44. The van der Waals surface area contributed by atoms with Gasteiger partial charge in [-0.3, -0.25) is 4.79 Å². The van der Waals surface area contributed by atoms with Crippen LogP contribution in [0, 0.1) is 0 Å². The highest BCUT2D eigenvalue weighted by Gasteiger charge is 2.36. The van der Waals surface area contributed by atoms with E-state index in [4.69, 9.17) is 4.74 Å². The van der Waals surface area contributed by atoms with Gasteiger partial charge in [0.2, 0.25) is 15.9 Å². The highest BCUT2D eigenvalue weighted by molar-refractivity contribution is 7.89. The SMILES string of the molecule is CNS(=O)(=O)c1ccc(CCC(=O)N2CCOC3CCCCC32)cc1. The lowest BCUT2D eigenvalue weighted by atomic mass is 9.90. The zero-order valence-corrected chi connectivity index (χ0v) is 15.4. The van der Waals surface area contributed by atoms with Crippen LogP contribution in [0.15, 0.2) is 29.2 Å². The summed E-state index contributed by atoms with van der Waals surface area (Å²) in [6.07, 6.45) is 5.70. The molecule has 1 aliphatic carbocycles. The number of carbonyl (C=O) groups is 1. The van der Waals surface area contributed by atoms with Crippen LogP contribution in [0.25, 0.3) is 0 Å². The molecule has 1 aliphatic heterocycles. The molecular weight excluding hydrogens is 340 g/mol. The van der Waals surface area contributed by atoms with Crippen molar-refractivity contribution in [2.45, 2.75) is 55.6 Å². The molecule has 6 nitrogen and oxygen atoms in total. The first kappa shape index (κ1) is 18.4. The van der Waals surface area contributed by atoms with Crippen LogP contribution in [0.3, 0.4) is 0 Å². The van der Waals surface area contributed by atoms with Crippen molar-refractivity contribution in [1.82, 2.24) is 9.62 Å². The van der Waals surface area contributed by atoms with Crippen LogP contribution in [-0.4, -0.2) is 51.6 Å². The van der Waals surface area contributed by atoms with E-state index in [1.165, 1.54) is 13.5 Å². The fourth-order valence-electron chi connectivity index (χ4n) is 3.75. The molecule has 0 spiro atoms. The molecule has 25 heavy (non-hydrogen) atoms. The second kappa shape index (κ2) is 7.85. The van der Waals surface area contributed by atoms with Crippen LogP contribution < -0.4 is 4.72 Å². The number of morpholine rings is 1. The number of carbonyl (C=O) groups excluding carboxylic acids is 1. The minimum Gasteiger partial charge on any atom is -0.374 e. The van der Waals surface area contributed by atoms with E-state index in [1.54, 1.807) is 24.3 Å². The summed E-state index contributed by atoms with van der Waals surface area (Å²) >= 11 is 0. The van der Waals surface area contributed by atoms with Gasteiger partial charge in [0.1, 0.15) is 0 Å². The molecule has 0 aromatic heterocycles. The Kier molecular flexibility index (Phi) is 5.76. The summed E-state index contributed by atoms with van der Waals surface area (Å²) in [7, 11) is -2.02. The lowest BCUT2D eigenvalue weighted by Gasteiger charge is -2.43. The molecule has 0 radical (unpaired) electrons. The molecule has 1 amide bonds. The molecule has 1 aromatic rings. The van der Waals surface area contributed by atoms with Gasteiger partial charge in [-0.05, 0) is 44.0 Å². The number of hydrogen-bond acceptors (Lipinski definition) is 4. The molecule has 7 heteroatoms. The van der Waals surface area contributed by atoms with E-state index in [0.717, 1.165) is 24.8 Å². The fourth-order valence-corrected chi connectivity index (χ4v) is 4.48. The first-order valence-corrected chi connectivity index (χ1v) is 10.4. The molecule has 1 aromatic carbocycles. The van der Waals surface area contributed by atoms with Gasteiger partial charge >= 0.3 is 0 Å². The maximum absolute atomic E-state index is 12.7. The van der Waals surface area contributed by atoms with Crippen LogP contribution in [0.4, 0.5) is 0 Å². The Bertz CT molecular complexity index is 700. The maximum atomic E-state index is 12.7. The predicted molar refractivity (Wildman–Crippen MR) is 94.7 cm³/mol. The zero-order valence-electron chi connectivity index (χ0n) is 14.6. The van der Waals surface area contributed by atoms with Crippen LogP contribution in [0.5, 0.6) is 0 Å². The Morgan fingerprint density at radius 3 is 2.68 bits per heavy atom. The number of aryl methyl sites for hydroxylation is 1. The minimum atomic E-state index is -3.42. The number of benzene rings is 1. The quantitative estimate of drug-likeness (QED) is 0.861. The van der Waals surface area contributed by atoms with E-state index in [0.29, 0.717) is 26.0 Å². The average Bonchev–Trinajstić information content (AvgIpc) is 2.66. The smallest absolute Gasteiger partial charge is 0.240 e. The van der Waals surface area contributed by atoms with Crippen molar-refractivity contribution in [2.24, 2.45) is 0 Å². The molecule has 2 unspecified atom stereocenters. The van der Waals surface area contributed by atoms with E-state index in [1.807, 2.05) is 4.90 Å². The lowest BCUT2D eigenvalue weighted by molar-refractivity contribution is -0.149. The number of nitrogens with zero attached hydrogens (tertiary/aromatic N) is 1. The average molecular weight is 366 g/mol. The third-order valence-corrected chi connectivity index (χ3v) is 6.61. The van der Waals surface area contributed by atoms with Gasteiger partial charge in [-0.2, -0.15) is 0 Å². The summed E-state index contributed by atoms with van der Waals surface area (Å²) in [6, 6.07) is 6.95. The van der Waals surface area contributed by atoms with Crippen LogP contribution in [0.2, 0.25) is 0 Å². The van der Waals surface area contributed by atoms with Gasteiger partial charge in [0, 0.05) is 13.0 Å². The summed E-state index contributed by atoms with van der Waals surface area (Å²) in [5.74, 6) is 0.173. The van der Waals surface area contributed by atoms with Gasteiger partial charge < -0.3 is 9.64 Å². The highest BCUT2D eigenvalue weighted by Crippen LogP contribution is 2.29. The van der Waals surface area contributed by atoms with Crippen molar-refractivity contribution in [2.75, 3.05) is 20.2 Å². The van der Waals surface area contributed by atoms with Crippen LogP contribution in [-0.2, 0) is 26.0 Å². The van der Waals surface area contributed by atoms with Gasteiger partial charge in [-0.1, -0.05) is 25.0 Å². The molecular formula is C18H26N2O4S. The first-order valence-electron chi connectivity index (χ1n) is 8.95. The van der Waals surface area contributed by atoms with Crippen molar-refractivity contribution >= 4 is 15.9 Å². The van der Waals surface area contributed by atoms with Gasteiger partial charge in [0.15, 0.2) is 0 Å². The molecule has 1 heterocycles. The molecule has 2 fully saturated rings. The second-order valence-corrected chi connectivity index (χ2v) is 8.59. The first-order chi connectivity index (χ1) is 12.0. The lowest BCUT2D eigenvalue weighted by Crippen LogP contribution is -2.54. The molecule has 138 valence electrons. The third-order valence-electron chi connectivity index (χ3n) is 5.18. The van der Waals surface area contributed by atoms with Crippen molar-refractivity contribution in [3.8, 4) is 0 Å². The molecule has 3 rings (SSSR count). The largest absolute Gasteiger partial charge is 0.374 e. The molecule has 2 aliphatic rings. The number of fused-ring (bicyclic) bond motifs is 1. The summed E-state index contributed by atoms with van der Waals surface area (Å²) in [4.78, 5) is 14.9. The van der Waals surface area contributed by atoms with Gasteiger partial charge in [-0.25, -0.2) is 13.1 Å². The van der Waals surface area contributed by atoms with E-state index in [9.17, 15) is 13.2 Å². The topological polar surface area (TPSA) is 75.7 Å². The van der Waals surface area contributed by atoms with Gasteiger partial charge in [0.25, 0.3) is 0 Å². The number of sulfonamides is 1. The molecule has 1 saturated heterocycles. The third kappa shape index (κ3) is 4.22. The van der Waals surface area contributed by atoms with Crippen molar-refractivity contribution in [1.29, 1.82) is 0 Å². The minimum absolute atomic E-state index is 0.173. The molecule has 0 bridgehead atoms. The number of amides is 1. The Morgan fingerprint density at radius 1 is 1.24 bits per heavy atom. The summed E-state index contributed by atoms with van der Waals surface area (Å²) in [5.41, 5.74) is 0.969. The van der Waals surface area contributed by atoms with E-state index in [2.05, 4.69) is 4.72 Å². The Morgan fingerprint density at radius 2 is 1.96 bits per heavy atom. The number of rotatable bonds is 5. The van der Waals surface area contributed by atoms with Crippen LogP contribution >= 0.6 is 0 Å². The Labute approximate surface area is 149 Å². The number of ether oxygens (including phenoxy) is 1. The Balaban J connectivity index is 1.58. The molecule has 1 saturated carbocycles. The number of hydrogen-bond donors (Lipinski definition) is 1. The zero-order chi connectivity index (χ0) is 17.9. The van der Waals surface area contributed by atoms with Crippen molar-refractivity contribution in [3.05, 3.63) is 29.8 Å². The summed E-state index contributed by atoms with van der Waals surface area (Å²) in [5, 5.41) is 0. The molecule has 1 N–H and O–H groups in total. The predicted octanol–water partition coefficient (Wildman–Crippen LogP) is 1.70. The van der Waals surface area contributed by atoms with E-state index >= 15 is 0 Å². The summed E-state index contributed by atoms with van der Waals surface area (Å²) in [6.45, 7) is 1.31. The molecule has 2 atom stereocenters. The fraction of sp³-hybridized carbons (Fsp3) is 0.611. The normalized spacial score (nSPS) is 24.0. The standard InChI is InChI=1S/C18H26N2O4S/c1-19-25(22,23)15-9-6-14(7-10-15)8-11-18(21)20-12-13-24-17-5-3-2-4-16(17)20/h6-7,9-10,16-17,19H,2-5,8,11-13H2,1H3. The summed E-state index contributed by atoms with van der Waals surface area (Å²) < 4.78 is 31.6. The highest BCUT2D eigenvalue weighted by atomic mass is 32.2. The van der Waals surface area contributed by atoms with Crippen molar-refractivity contribution < 1.29 is 17.9 Å². The van der Waals surface area contributed by atoms with Crippen LogP contribution in [0.1, 0.15) is 37.7 Å². The van der Waals surface area contributed by atoms with E-state index in [-0.39, 0.29) is 22.9 Å². The monoisotopic (exact) mass is 366 g/mol. The second-order valence-electron chi connectivity index (χ2n) is 6.70. The number of nitrogens with one attached hydrogen (secondary N) is 1. The van der Waals surface area contributed by atoms with Gasteiger partial charge in [-0.15, -0.1) is 0 Å². The van der Waals surface area contributed by atoms with Crippen molar-refractivity contribution in [3.63, 3.8) is 0 Å². The maximum Gasteiger partial charge on any atom is 0.240 e. The van der Waals surface area contributed by atoms with E-state index < -0.39 is 10.0 Å². The van der Waals surface area contributed by atoms with Gasteiger partial charge in [0.05, 0.1) is 23.6 Å².